The topological polar surface area (TPSA) is 112 Å². The highest BCUT2D eigenvalue weighted by Gasteiger charge is 2.35. The van der Waals surface area contributed by atoms with Gasteiger partial charge in [0.15, 0.2) is 11.5 Å². The molecular weight excluding hydrogens is 508 g/mol. The number of hydrogen-bond acceptors (Lipinski definition) is 8. The van der Waals surface area contributed by atoms with Crippen molar-refractivity contribution in [3.05, 3.63) is 94.1 Å². The molecule has 194 valence electrons. The van der Waals surface area contributed by atoms with Crippen LogP contribution in [-0.4, -0.2) is 40.3 Å². The summed E-state index contributed by atoms with van der Waals surface area (Å²) in [6.45, 7) is 2.08. The molecule has 1 amide bonds. The van der Waals surface area contributed by atoms with Crippen LogP contribution in [0.3, 0.4) is 0 Å². The molecule has 0 saturated carbocycles. The molecule has 2 heterocycles. The molecule has 1 atom stereocenters. The fraction of sp³-hybridized carbons (Fsp3) is 0.185. The van der Waals surface area contributed by atoms with Crippen LogP contribution < -0.4 is 24.8 Å². The molecule has 38 heavy (non-hydrogen) atoms. The lowest BCUT2D eigenvalue weighted by molar-refractivity contribution is -0.113. The van der Waals surface area contributed by atoms with E-state index in [0.29, 0.717) is 45.2 Å². The molecule has 1 aliphatic rings. The second-order valence-electron chi connectivity index (χ2n) is 8.46. The highest BCUT2D eigenvalue weighted by molar-refractivity contribution is 6.31. The Morgan fingerprint density at radius 1 is 1.03 bits per heavy atom. The van der Waals surface area contributed by atoms with E-state index in [1.807, 2.05) is 48.5 Å². The first-order chi connectivity index (χ1) is 18.5. The molecule has 0 fully saturated rings. The van der Waals surface area contributed by atoms with Crippen LogP contribution in [0.25, 0.3) is 0 Å². The quantitative estimate of drug-likeness (QED) is 0.331. The van der Waals surface area contributed by atoms with Crippen molar-refractivity contribution < 1.29 is 19.0 Å². The lowest BCUT2D eigenvalue weighted by Crippen LogP contribution is -2.31. The van der Waals surface area contributed by atoms with Crippen LogP contribution in [-0.2, 0) is 11.4 Å². The van der Waals surface area contributed by atoms with Crippen LogP contribution in [0.15, 0.2) is 78.0 Å². The van der Waals surface area contributed by atoms with E-state index in [1.54, 1.807) is 44.0 Å². The molecule has 2 N–H and O–H groups in total. The Morgan fingerprint density at radius 3 is 2.58 bits per heavy atom. The Bertz CT molecular complexity index is 1520. The summed E-state index contributed by atoms with van der Waals surface area (Å²) in [6, 6.07) is 19.5. The van der Waals surface area contributed by atoms with E-state index in [-0.39, 0.29) is 12.5 Å². The second kappa shape index (κ2) is 10.8. The van der Waals surface area contributed by atoms with E-state index in [1.165, 1.54) is 0 Å². The molecule has 4 aromatic rings. The number of carbonyl (C=O) groups excluding carboxylic acids is 1. The van der Waals surface area contributed by atoms with Gasteiger partial charge in [-0.05, 0) is 53.2 Å². The van der Waals surface area contributed by atoms with Gasteiger partial charge in [-0.25, -0.2) is 0 Å². The molecule has 0 bridgehead atoms. The number of allylic oxidation sites excluding steroid dienone is 1. The molecule has 1 aliphatic heterocycles. The summed E-state index contributed by atoms with van der Waals surface area (Å²) in [5.41, 5.74) is 3.17. The summed E-state index contributed by atoms with van der Waals surface area (Å²) in [6.07, 6.45) is 0. The van der Waals surface area contributed by atoms with Gasteiger partial charge >= 0.3 is 0 Å². The number of nitrogens with zero attached hydrogens (tertiary/aromatic N) is 4. The number of aromatic nitrogens is 4. The average molecular weight is 533 g/mol. The van der Waals surface area contributed by atoms with E-state index in [9.17, 15) is 4.79 Å². The van der Waals surface area contributed by atoms with Gasteiger partial charge in [-0.2, -0.15) is 4.68 Å². The van der Waals surface area contributed by atoms with Crippen molar-refractivity contribution in [3.63, 3.8) is 0 Å². The number of anilines is 2. The van der Waals surface area contributed by atoms with Gasteiger partial charge in [-0.3, -0.25) is 4.79 Å². The molecule has 1 unspecified atom stereocenters. The molecular formula is C27H25ClN6O4. The van der Waals surface area contributed by atoms with Crippen molar-refractivity contribution in [1.29, 1.82) is 0 Å². The first kappa shape index (κ1) is 25.1. The van der Waals surface area contributed by atoms with Gasteiger partial charge in [0.1, 0.15) is 18.4 Å². The summed E-state index contributed by atoms with van der Waals surface area (Å²) < 4.78 is 18.6. The van der Waals surface area contributed by atoms with Crippen molar-refractivity contribution >= 4 is 29.1 Å². The molecule has 10 nitrogen and oxygen atoms in total. The minimum atomic E-state index is -0.637. The van der Waals surface area contributed by atoms with Gasteiger partial charge < -0.3 is 24.8 Å². The molecule has 0 aliphatic carbocycles. The summed E-state index contributed by atoms with van der Waals surface area (Å²) >= 11 is 6.27. The van der Waals surface area contributed by atoms with Crippen molar-refractivity contribution in [2.45, 2.75) is 19.6 Å². The number of amides is 1. The summed E-state index contributed by atoms with van der Waals surface area (Å²) in [5, 5.41) is 18.7. The highest BCUT2D eigenvalue weighted by atomic mass is 35.5. The van der Waals surface area contributed by atoms with Crippen LogP contribution in [0.4, 0.5) is 11.6 Å². The fourth-order valence-corrected chi connectivity index (χ4v) is 4.49. The largest absolute Gasteiger partial charge is 0.495 e. The van der Waals surface area contributed by atoms with E-state index in [2.05, 4.69) is 26.2 Å². The Hall–Kier alpha value is -4.57. The van der Waals surface area contributed by atoms with E-state index in [4.69, 9.17) is 25.8 Å². The second-order valence-corrected chi connectivity index (χ2v) is 8.87. The predicted octanol–water partition coefficient (Wildman–Crippen LogP) is 4.85. The van der Waals surface area contributed by atoms with Gasteiger partial charge in [0.2, 0.25) is 5.95 Å². The number of benzene rings is 3. The van der Waals surface area contributed by atoms with Crippen LogP contribution in [0.1, 0.15) is 24.1 Å². The normalized spacial score (nSPS) is 14.4. The standard InChI is InChI=1S/C27H25ClN6O4/c1-16-24(26(35)30-20-10-6-7-11-21(20)36-2)25(34-27(29-16)31-32-33-34)17-12-13-22(23(14-17)37-3)38-15-18-8-4-5-9-19(18)28/h4-14,25H,15H2,1-3H3,(H,30,35)(H,29,31,33). The Morgan fingerprint density at radius 2 is 1.79 bits per heavy atom. The van der Waals surface area contributed by atoms with E-state index >= 15 is 0 Å². The zero-order valence-electron chi connectivity index (χ0n) is 20.9. The van der Waals surface area contributed by atoms with Gasteiger partial charge in [-0.15, -0.1) is 0 Å². The molecule has 1 aromatic heterocycles. The molecule has 0 saturated heterocycles. The van der Waals surface area contributed by atoms with E-state index in [0.717, 1.165) is 11.1 Å². The maximum absolute atomic E-state index is 13.7. The average Bonchev–Trinajstić information content (AvgIpc) is 3.40. The van der Waals surface area contributed by atoms with Gasteiger partial charge in [0.05, 0.1) is 25.5 Å². The van der Waals surface area contributed by atoms with Crippen molar-refractivity contribution in [2.75, 3.05) is 24.9 Å². The first-order valence-corrected chi connectivity index (χ1v) is 12.1. The van der Waals surface area contributed by atoms with Crippen LogP contribution >= 0.6 is 11.6 Å². The molecule has 3 aromatic carbocycles. The number of nitrogens with one attached hydrogen (secondary N) is 2. The number of rotatable bonds is 8. The number of fused-ring (bicyclic) bond motifs is 1. The minimum absolute atomic E-state index is 0.269. The highest BCUT2D eigenvalue weighted by Crippen LogP contribution is 2.39. The Balaban J connectivity index is 1.49. The van der Waals surface area contributed by atoms with E-state index < -0.39 is 6.04 Å². The third-order valence-electron chi connectivity index (χ3n) is 6.16. The van der Waals surface area contributed by atoms with Gasteiger partial charge in [-0.1, -0.05) is 53.1 Å². The minimum Gasteiger partial charge on any atom is -0.495 e. The summed E-state index contributed by atoms with van der Waals surface area (Å²) in [7, 11) is 3.11. The molecule has 5 rings (SSSR count). The summed E-state index contributed by atoms with van der Waals surface area (Å²) in [4.78, 5) is 13.7. The number of halogens is 1. The van der Waals surface area contributed by atoms with Crippen LogP contribution in [0, 0.1) is 0 Å². The van der Waals surface area contributed by atoms with Crippen LogP contribution in [0.5, 0.6) is 17.2 Å². The van der Waals surface area contributed by atoms with Crippen molar-refractivity contribution in [1.82, 2.24) is 20.2 Å². The summed E-state index contributed by atoms with van der Waals surface area (Å²) in [5.74, 6) is 1.65. The van der Waals surface area contributed by atoms with Gasteiger partial charge in [0, 0.05) is 16.3 Å². The van der Waals surface area contributed by atoms with Crippen molar-refractivity contribution in [2.24, 2.45) is 0 Å². The lowest BCUT2D eigenvalue weighted by Gasteiger charge is -2.28. The van der Waals surface area contributed by atoms with Gasteiger partial charge in [0.25, 0.3) is 5.91 Å². The molecule has 0 radical (unpaired) electrons. The predicted molar refractivity (Wildman–Crippen MR) is 143 cm³/mol. The lowest BCUT2D eigenvalue weighted by atomic mass is 9.94. The number of ether oxygens (including phenoxy) is 3. The smallest absolute Gasteiger partial charge is 0.255 e. The fourth-order valence-electron chi connectivity index (χ4n) is 4.30. The first-order valence-electron chi connectivity index (χ1n) is 11.7. The molecule has 11 heteroatoms. The van der Waals surface area contributed by atoms with Crippen molar-refractivity contribution in [3.8, 4) is 17.2 Å². The number of carbonyl (C=O) groups is 1. The third-order valence-corrected chi connectivity index (χ3v) is 6.53. The number of hydrogen-bond donors (Lipinski definition) is 2. The van der Waals surface area contributed by atoms with Crippen LogP contribution in [0.2, 0.25) is 5.02 Å². The third kappa shape index (κ3) is 4.85. The zero-order chi connectivity index (χ0) is 26.6. The zero-order valence-corrected chi connectivity index (χ0v) is 21.7. The molecule has 0 spiro atoms. The number of methoxy groups -OCH3 is 2. The SMILES string of the molecule is COc1ccccc1NC(=O)C1=C(C)Nc2nnnn2C1c1ccc(OCc2ccccc2Cl)c(OC)c1. The monoisotopic (exact) mass is 532 g/mol. The maximum atomic E-state index is 13.7. The Labute approximate surface area is 224 Å². The Kier molecular flexibility index (Phi) is 7.14. The number of para-hydroxylation sites is 2. The maximum Gasteiger partial charge on any atom is 0.255 e. The number of tetrazole rings is 1.